The highest BCUT2D eigenvalue weighted by atomic mass is 16.5. The number of carboxylic acids is 1. The third-order valence-electron chi connectivity index (χ3n) is 6.55. The zero-order valence-corrected chi connectivity index (χ0v) is 21.0. The van der Waals surface area contributed by atoms with Gasteiger partial charge >= 0.3 is 12.1 Å². The lowest BCUT2D eigenvalue weighted by Gasteiger charge is -2.31. The molecule has 1 aliphatic rings. The summed E-state index contributed by atoms with van der Waals surface area (Å²) in [6, 6.07) is 14.8. The first-order chi connectivity index (χ1) is 16.6. The van der Waals surface area contributed by atoms with Gasteiger partial charge in [0.05, 0.1) is 0 Å². The zero-order valence-electron chi connectivity index (χ0n) is 21.0. The highest BCUT2D eigenvalue weighted by molar-refractivity contribution is 5.84. The molecule has 35 heavy (non-hydrogen) atoms. The van der Waals surface area contributed by atoms with Crippen LogP contribution in [0.4, 0.5) is 4.79 Å². The van der Waals surface area contributed by atoms with Crippen molar-refractivity contribution >= 4 is 18.0 Å². The second-order valence-corrected chi connectivity index (χ2v) is 10.2. The molecule has 188 valence electrons. The maximum Gasteiger partial charge on any atom is 0.407 e. The largest absolute Gasteiger partial charge is 0.480 e. The summed E-state index contributed by atoms with van der Waals surface area (Å²) in [6.45, 7) is 7.90. The number of unbranched alkanes of at least 4 members (excludes halogenated alkanes) is 1. The predicted molar refractivity (Wildman–Crippen MR) is 135 cm³/mol. The third-order valence-corrected chi connectivity index (χ3v) is 6.55. The molecule has 2 aromatic rings. The maximum absolute atomic E-state index is 12.8. The highest BCUT2D eigenvalue weighted by Crippen LogP contribution is 2.44. The van der Waals surface area contributed by atoms with Gasteiger partial charge in [0.15, 0.2) is 0 Å². The van der Waals surface area contributed by atoms with Crippen LogP contribution in [0.2, 0.25) is 0 Å². The monoisotopic (exact) mass is 480 g/mol. The van der Waals surface area contributed by atoms with E-state index in [0.717, 1.165) is 28.7 Å². The Morgan fingerprint density at radius 3 is 2.06 bits per heavy atom. The van der Waals surface area contributed by atoms with Crippen molar-refractivity contribution < 1.29 is 24.2 Å². The van der Waals surface area contributed by atoms with E-state index in [1.807, 2.05) is 52.0 Å². The van der Waals surface area contributed by atoms with E-state index in [9.17, 15) is 19.5 Å². The molecule has 7 nitrogen and oxygen atoms in total. The quantitative estimate of drug-likeness (QED) is 0.439. The van der Waals surface area contributed by atoms with Crippen molar-refractivity contribution in [1.29, 1.82) is 0 Å². The number of fused-ring (bicyclic) bond motifs is 3. The Morgan fingerprint density at radius 1 is 0.971 bits per heavy atom. The van der Waals surface area contributed by atoms with Gasteiger partial charge in [-0.1, -0.05) is 89.1 Å². The van der Waals surface area contributed by atoms with Gasteiger partial charge in [-0.05, 0) is 34.1 Å². The summed E-state index contributed by atoms with van der Waals surface area (Å²) >= 11 is 0. The predicted octanol–water partition coefficient (Wildman–Crippen LogP) is 5.09. The van der Waals surface area contributed by atoms with Crippen molar-refractivity contribution in [2.75, 3.05) is 6.61 Å². The van der Waals surface area contributed by atoms with Crippen LogP contribution in [0.1, 0.15) is 70.4 Å². The molecule has 1 aliphatic carbocycles. The first-order valence-corrected chi connectivity index (χ1v) is 12.3. The topological polar surface area (TPSA) is 105 Å². The minimum absolute atomic E-state index is 0.0381. The standard InChI is InChI=1S/C28H36N2O5/c1-5-6-15-23(26(32)33)29-25(31)16-24(28(2,3)4)30-27(34)35-17-22-20-13-9-7-11-18(20)19-12-8-10-14-21(19)22/h7-14,22-24H,5-6,15-17H2,1-4H3,(H,29,31)(H,30,34)(H,32,33). The molecule has 0 fully saturated rings. The first-order valence-electron chi connectivity index (χ1n) is 12.3. The summed E-state index contributed by atoms with van der Waals surface area (Å²) < 4.78 is 5.64. The molecule has 0 aromatic heterocycles. The summed E-state index contributed by atoms with van der Waals surface area (Å²) in [5.74, 6) is -1.52. The average molecular weight is 481 g/mol. The van der Waals surface area contributed by atoms with Crippen molar-refractivity contribution in [3.8, 4) is 11.1 Å². The SMILES string of the molecule is CCCCC(NC(=O)CC(NC(=O)OCC1c2ccccc2-c2ccccc21)C(C)(C)C)C(=O)O. The summed E-state index contributed by atoms with van der Waals surface area (Å²) in [5, 5.41) is 14.8. The molecule has 2 atom stereocenters. The van der Waals surface area contributed by atoms with Crippen LogP contribution in [0, 0.1) is 5.41 Å². The summed E-state index contributed by atoms with van der Waals surface area (Å²) in [7, 11) is 0. The normalized spacial score (nSPS) is 14.4. The van der Waals surface area contributed by atoms with E-state index in [4.69, 9.17) is 4.74 Å². The summed E-state index contributed by atoms with van der Waals surface area (Å²) in [6.07, 6.45) is 1.28. The van der Waals surface area contributed by atoms with Crippen LogP contribution in [0.5, 0.6) is 0 Å². The number of hydrogen-bond donors (Lipinski definition) is 3. The molecular formula is C28H36N2O5. The Morgan fingerprint density at radius 2 is 1.54 bits per heavy atom. The van der Waals surface area contributed by atoms with Gasteiger partial charge in [-0.25, -0.2) is 9.59 Å². The second-order valence-electron chi connectivity index (χ2n) is 10.2. The molecule has 0 aliphatic heterocycles. The van der Waals surface area contributed by atoms with E-state index < -0.39 is 35.5 Å². The number of aliphatic carboxylic acids is 1. The van der Waals surface area contributed by atoms with E-state index in [1.165, 1.54) is 0 Å². The molecule has 0 radical (unpaired) electrons. The van der Waals surface area contributed by atoms with Crippen molar-refractivity contribution in [2.45, 2.75) is 71.4 Å². The Kier molecular flexibility index (Phi) is 8.54. The fraction of sp³-hybridized carbons (Fsp3) is 0.464. The van der Waals surface area contributed by atoms with Crippen LogP contribution in [0.15, 0.2) is 48.5 Å². The fourth-order valence-electron chi connectivity index (χ4n) is 4.46. The maximum atomic E-state index is 12.8. The van der Waals surface area contributed by atoms with Crippen molar-refractivity contribution in [3.63, 3.8) is 0 Å². The average Bonchev–Trinajstić information content (AvgIpc) is 3.13. The van der Waals surface area contributed by atoms with Crippen molar-refractivity contribution in [2.24, 2.45) is 5.41 Å². The number of carbonyl (C=O) groups excluding carboxylic acids is 2. The number of nitrogens with one attached hydrogen (secondary N) is 2. The molecule has 7 heteroatoms. The van der Waals surface area contributed by atoms with Crippen LogP contribution < -0.4 is 10.6 Å². The van der Waals surface area contributed by atoms with Crippen LogP contribution in [0.3, 0.4) is 0 Å². The van der Waals surface area contributed by atoms with Gasteiger partial charge in [-0.3, -0.25) is 4.79 Å². The summed E-state index contributed by atoms with van der Waals surface area (Å²) in [5.41, 5.74) is 4.11. The van der Waals surface area contributed by atoms with Gasteiger partial charge in [0.25, 0.3) is 0 Å². The van der Waals surface area contributed by atoms with Crippen LogP contribution in [-0.4, -0.2) is 41.8 Å². The second kappa shape index (κ2) is 11.4. The number of benzene rings is 2. The van der Waals surface area contributed by atoms with E-state index in [1.54, 1.807) is 0 Å². The van der Waals surface area contributed by atoms with E-state index in [-0.39, 0.29) is 18.9 Å². The number of rotatable bonds is 10. The Bertz CT molecular complexity index is 1010. The molecule has 0 saturated heterocycles. The lowest BCUT2D eigenvalue weighted by molar-refractivity contribution is -0.142. The van der Waals surface area contributed by atoms with Gasteiger partial charge in [0, 0.05) is 18.4 Å². The molecule has 2 amide bonds. The summed E-state index contributed by atoms with van der Waals surface area (Å²) in [4.78, 5) is 36.9. The third kappa shape index (κ3) is 6.62. The molecule has 3 N–H and O–H groups in total. The molecule has 0 heterocycles. The van der Waals surface area contributed by atoms with E-state index in [0.29, 0.717) is 12.8 Å². The van der Waals surface area contributed by atoms with Crippen LogP contribution in [0.25, 0.3) is 11.1 Å². The molecule has 2 unspecified atom stereocenters. The van der Waals surface area contributed by atoms with Gasteiger partial charge < -0.3 is 20.5 Å². The first kappa shape index (κ1) is 26.3. The molecule has 0 saturated carbocycles. The van der Waals surface area contributed by atoms with Crippen LogP contribution in [-0.2, 0) is 14.3 Å². The Hall–Kier alpha value is -3.35. The number of ether oxygens (including phenoxy) is 1. The lowest BCUT2D eigenvalue weighted by atomic mass is 9.84. The molecule has 3 rings (SSSR count). The highest BCUT2D eigenvalue weighted by Gasteiger charge is 2.32. The Balaban J connectivity index is 1.62. The van der Waals surface area contributed by atoms with Gasteiger partial charge in [0.2, 0.25) is 5.91 Å². The van der Waals surface area contributed by atoms with Crippen LogP contribution >= 0.6 is 0 Å². The Labute approximate surface area is 207 Å². The van der Waals surface area contributed by atoms with Crippen molar-refractivity contribution in [1.82, 2.24) is 10.6 Å². The van der Waals surface area contributed by atoms with Gasteiger partial charge in [0.1, 0.15) is 12.6 Å². The fourth-order valence-corrected chi connectivity index (χ4v) is 4.46. The molecule has 0 bridgehead atoms. The number of carbonyl (C=O) groups is 3. The minimum atomic E-state index is -1.05. The number of hydrogen-bond acceptors (Lipinski definition) is 4. The van der Waals surface area contributed by atoms with Crippen molar-refractivity contribution in [3.05, 3.63) is 59.7 Å². The molecule has 2 aromatic carbocycles. The molecule has 0 spiro atoms. The van der Waals surface area contributed by atoms with E-state index >= 15 is 0 Å². The van der Waals surface area contributed by atoms with Gasteiger partial charge in [-0.15, -0.1) is 0 Å². The number of alkyl carbamates (subject to hydrolysis) is 1. The van der Waals surface area contributed by atoms with Gasteiger partial charge in [-0.2, -0.15) is 0 Å². The number of carboxylic acid groups (broad SMARTS) is 1. The number of amides is 2. The smallest absolute Gasteiger partial charge is 0.407 e. The minimum Gasteiger partial charge on any atom is -0.480 e. The lowest BCUT2D eigenvalue weighted by Crippen LogP contribution is -2.49. The molecular weight excluding hydrogens is 444 g/mol. The zero-order chi connectivity index (χ0) is 25.6. The van der Waals surface area contributed by atoms with E-state index in [2.05, 4.69) is 34.9 Å².